The molecule has 1 nitrogen and oxygen atoms in total. The summed E-state index contributed by atoms with van der Waals surface area (Å²) in [5.41, 5.74) is 1.14. The van der Waals surface area contributed by atoms with E-state index in [4.69, 9.17) is 0 Å². The van der Waals surface area contributed by atoms with Crippen LogP contribution in [0.15, 0.2) is 24.3 Å². The molecule has 1 aromatic carbocycles. The Kier molecular flexibility index (Phi) is 3.98. The third kappa shape index (κ3) is 2.64. The number of benzene rings is 1. The van der Waals surface area contributed by atoms with Crippen LogP contribution < -0.4 is 0 Å². The lowest BCUT2D eigenvalue weighted by atomic mass is 9.95. The normalized spacial score (nSPS) is 13.5. The van der Waals surface area contributed by atoms with Gasteiger partial charge in [-0.3, -0.25) is 0 Å². The summed E-state index contributed by atoms with van der Waals surface area (Å²) >= 11 is 5.42. The van der Waals surface area contributed by atoms with Crippen LogP contribution in [0.4, 0.5) is 0 Å². The van der Waals surface area contributed by atoms with Gasteiger partial charge in [-0.1, -0.05) is 41.9 Å². The summed E-state index contributed by atoms with van der Waals surface area (Å²) in [6.07, 6.45) is 1.09. The molecule has 16 heavy (non-hydrogen) atoms. The van der Waals surface area contributed by atoms with Crippen LogP contribution in [0.3, 0.4) is 0 Å². The molecule has 1 heterocycles. The quantitative estimate of drug-likeness (QED) is 0.757. The molecule has 0 saturated carbocycles. The highest BCUT2D eigenvalue weighted by molar-refractivity contribution is 9.09. The number of hydrogen-bond donors (Lipinski definition) is 0. The first-order valence-corrected chi connectivity index (χ1v) is 7.55. The first kappa shape index (κ1) is 12.1. The molecule has 0 saturated heterocycles. The van der Waals surface area contributed by atoms with Crippen molar-refractivity contribution in [3.8, 4) is 0 Å². The topological polar surface area (TPSA) is 12.9 Å². The number of halogens is 1. The van der Waals surface area contributed by atoms with Gasteiger partial charge in [0.15, 0.2) is 0 Å². The Morgan fingerprint density at radius 3 is 2.69 bits per heavy atom. The molecule has 0 aliphatic rings. The van der Waals surface area contributed by atoms with Crippen molar-refractivity contribution in [2.24, 2.45) is 11.8 Å². The molecule has 0 amide bonds. The second-order valence-electron chi connectivity index (χ2n) is 4.44. The van der Waals surface area contributed by atoms with Crippen LogP contribution in [0.5, 0.6) is 0 Å². The minimum atomic E-state index is 0.681. The number of rotatable bonds is 4. The monoisotopic (exact) mass is 297 g/mol. The second-order valence-corrected chi connectivity index (χ2v) is 6.20. The number of fused-ring (bicyclic) bond motifs is 1. The molecule has 1 atom stereocenters. The van der Waals surface area contributed by atoms with Crippen molar-refractivity contribution >= 4 is 37.5 Å². The Bertz CT molecular complexity index is 431. The van der Waals surface area contributed by atoms with Crippen LogP contribution in [0.2, 0.25) is 0 Å². The van der Waals surface area contributed by atoms with Gasteiger partial charge in [0.25, 0.3) is 0 Å². The molecule has 0 bridgehead atoms. The summed E-state index contributed by atoms with van der Waals surface area (Å²) in [6.45, 7) is 4.55. The maximum absolute atomic E-state index is 4.68. The summed E-state index contributed by atoms with van der Waals surface area (Å²) in [4.78, 5) is 4.68. The smallest absolute Gasteiger partial charge is 0.0941 e. The molecule has 2 rings (SSSR count). The van der Waals surface area contributed by atoms with Crippen LogP contribution in [-0.4, -0.2) is 10.3 Å². The molecule has 2 aromatic rings. The van der Waals surface area contributed by atoms with Gasteiger partial charge in [0.2, 0.25) is 0 Å². The largest absolute Gasteiger partial charge is 0.241 e. The zero-order valence-electron chi connectivity index (χ0n) is 9.61. The van der Waals surface area contributed by atoms with Crippen LogP contribution in [-0.2, 0) is 6.42 Å². The van der Waals surface area contributed by atoms with Gasteiger partial charge in [0.1, 0.15) is 0 Å². The fourth-order valence-corrected chi connectivity index (χ4v) is 3.74. The van der Waals surface area contributed by atoms with E-state index in [0.29, 0.717) is 11.8 Å². The Hall–Kier alpha value is -0.410. The SMILES string of the molecule is CC(C)C(CBr)Cc1nc2ccccc2s1. The third-order valence-corrected chi connectivity index (χ3v) is 4.81. The van der Waals surface area contributed by atoms with Crippen molar-refractivity contribution in [1.29, 1.82) is 0 Å². The van der Waals surface area contributed by atoms with Crippen molar-refractivity contribution in [3.63, 3.8) is 0 Å². The fourth-order valence-electron chi connectivity index (χ4n) is 1.70. The van der Waals surface area contributed by atoms with Crippen LogP contribution in [0, 0.1) is 11.8 Å². The Labute approximate surface area is 109 Å². The molecule has 0 N–H and O–H groups in total. The Morgan fingerprint density at radius 1 is 1.31 bits per heavy atom. The summed E-state index contributed by atoms with van der Waals surface area (Å²) in [6, 6.07) is 8.37. The van der Waals surface area contributed by atoms with Gasteiger partial charge in [0.05, 0.1) is 15.2 Å². The Morgan fingerprint density at radius 2 is 2.06 bits per heavy atom. The number of nitrogens with zero attached hydrogens (tertiary/aromatic N) is 1. The van der Waals surface area contributed by atoms with E-state index >= 15 is 0 Å². The first-order chi connectivity index (χ1) is 7.70. The third-order valence-electron chi connectivity index (χ3n) is 2.92. The van der Waals surface area contributed by atoms with E-state index in [9.17, 15) is 0 Å². The molecule has 0 spiro atoms. The molecule has 0 radical (unpaired) electrons. The highest BCUT2D eigenvalue weighted by atomic mass is 79.9. The van der Waals surface area contributed by atoms with Gasteiger partial charge in [-0.25, -0.2) is 4.98 Å². The second kappa shape index (κ2) is 5.28. The summed E-state index contributed by atoms with van der Waals surface area (Å²) in [5, 5.41) is 2.32. The zero-order chi connectivity index (χ0) is 11.5. The number of hydrogen-bond acceptors (Lipinski definition) is 2. The minimum Gasteiger partial charge on any atom is -0.241 e. The van der Waals surface area contributed by atoms with E-state index in [2.05, 4.69) is 59.0 Å². The lowest BCUT2D eigenvalue weighted by Gasteiger charge is -2.16. The molecule has 1 aromatic heterocycles. The van der Waals surface area contributed by atoms with Crippen molar-refractivity contribution in [1.82, 2.24) is 4.98 Å². The van der Waals surface area contributed by atoms with E-state index in [1.807, 2.05) is 11.3 Å². The molecular weight excluding hydrogens is 282 g/mol. The Balaban J connectivity index is 2.20. The van der Waals surface area contributed by atoms with Crippen LogP contribution >= 0.6 is 27.3 Å². The lowest BCUT2D eigenvalue weighted by molar-refractivity contribution is 0.426. The molecule has 86 valence electrons. The van der Waals surface area contributed by atoms with Crippen LogP contribution in [0.1, 0.15) is 18.9 Å². The maximum atomic E-state index is 4.68. The van der Waals surface area contributed by atoms with Gasteiger partial charge in [0, 0.05) is 11.8 Å². The number of aromatic nitrogens is 1. The molecule has 0 fully saturated rings. The molecule has 0 aliphatic heterocycles. The van der Waals surface area contributed by atoms with Crippen molar-refractivity contribution in [2.75, 3.05) is 5.33 Å². The van der Waals surface area contributed by atoms with Gasteiger partial charge in [-0.05, 0) is 24.0 Å². The van der Waals surface area contributed by atoms with Gasteiger partial charge < -0.3 is 0 Å². The van der Waals surface area contributed by atoms with Gasteiger partial charge >= 0.3 is 0 Å². The predicted octanol–water partition coefficient (Wildman–Crippen LogP) is 4.51. The standard InChI is InChI=1S/C13H16BrNS/c1-9(2)10(8-14)7-13-15-11-5-3-4-6-12(11)16-13/h3-6,9-10H,7-8H2,1-2H3. The van der Waals surface area contributed by atoms with E-state index in [-0.39, 0.29) is 0 Å². The maximum Gasteiger partial charge on any atom is 0.0941 e. The highest BCUT2D eigenvalue weighted by Crippen LogP contribution is 2.26. The van der Waals surface area contributed by atoms with E-state index in [1.165, 1.54) is 9.71 Å². The predicted molar refractivity (Wildman–Crippen MR) is 75.4 cm³/mol. The number of para-hydroxylation sites is 1. The van der Waals surface area contributed by atoms with Crippen LogP contribution in [0.25, 0.3) is 10.2 Å². The average Bonchev–Trinajstić information content (AvgIpc) is 2.67. The molecular formula is C13H16BrNS. The van der Waals surface area contributed by atoms with E-state index in [0.717, 1.165) is 17.3 Å². The summed E-state index contributed by atoms with van der Waals surface area (Å²) in [5.74, 6) is 1.38. The van der Waals surface area contributed by atoms with Gasteiger partial charge in [-0.15, -0.1) is 11.3 Å². The highest BCUT2D eigenvalue weighted by Gasteiger charge is 2.15. The van der Waals surface area contributed by atoms with Crippen molar-refractivity contribution in [3.05, 3.63) is 29.3 Å². The van der Waals surface area contributed by atoms with Crippen molar-refractivity contribution in [2.45, 2.75) is 20.3 Å². The molecule has 0 aliphatic carbocycles. The molecule has 3 heteroatoms. The zero-order valence-corrected chi connectivity index (χ0v) is 12.0. The summed E-state index contributed by atoms with van der Waals surface area (Å²) in [7, 11) is 0. The average molecular weight is 298 g/mol. The summed E-state index contributed by atoms with van der Waals surface area (Å²) < 4.78 is 1.30. The van der Waals surface area contributed by atoms with Gasteiger partial charge in [-0.2, -0.15) is 0 Å². The number of alkyl halides is 1. The fraction of sp³-hybridized carbons (Fsp3) is 0.462. The first-order valence-electron chi connectivity index (χ1n) is 5.61. The molecule has 1 unspecified atom stereocenters. The number of thiazole rings is 1. The van der Waals surface area contributed by atoms with E-state index < -0.39 is 0 Å². The van der Waals surface area contributed by atoms with Crippen molar-refractivity contribution < 1.29 is 0 Å². The van der Waals surface area contributed by atoms with E-state index in [1.54, 1.807) is 0 Å². The minimum absolute atomic E-state index is 0.681. The lowest BCUT2D eigenvalue weighted by Crippen LogP contribution is -2.13.